The van der Waals surface area contributed by atoms with E-state index in [1.54, 1.807) is 13.2 Å². The maximum Gasteiger partial charge on any atom is 0.214 e. The summed E-state index contributed by atoms with van der Waals surface area (Å²) in [4.78, 5) is 4.08. The van der Waals surface area contributed by atoms with Crippen molar-refractivity contribution >= 4 is 0 Å². The first-order valence-electron chi connectivity index (χ1n) is 4.61. The Hall–Kier alpha value is -1.56. The van der Waals surface area contributed by atoms with Gasteiger partial charge in [-0.2, -0.15) is 5.26 Å². The highest BCUT2D eigenvalue weighted by Gasteiger charge is 2.07. The second kappa shape index (κ2) is 4.61. The van der Waals surface area contributed by atoms with Crippen molar-refractivity contribution in [1.82, 2.24) is 4.98 Å². The predicted octanol–water partition coefficient (Wildman–Crippen LogP) is 2.16. The lowest BCUT2D eigenvalue weighted by molar-refractivity contribution is 0.397. The van der Waals surface area contributed by atoms with E-state index in [2.05, 4.69) is 24.9 Å². The van der Waals surface area contributed by atoms with Crippen molar-refractivity contribution in [2.24, 2.45) is 5.92 Å². The van der Waals surface area contributed by atoms with Gasteiger partial charge in [-0.1, -0.05) is 19.9 Å². The average molecular weight is 190 g/mol. The molecule has 3 heteroatoms. The molecule has 1 rings (SSSR count). The van der Waals surface area contributed by atoms with Gasteiger partial charge in [0.25, 0.3) is 0 Å². The molecule has 0 aliphatic rings. The van der Waals surface area contributed by atoms with Crippen LogP contribution in [0.15, 0.2) is 12.1 Å². The van der Waals surface area contributed by atoms with Gasteiger partial charge in [-0.15, -0.1) is 0 Å². The quantitative estimate of drug-likeness (QED) is 0.733. The van der Waals surface area contributed by atoms with Gasteiger partial charge in [-0.3, -0.25) is 0 Å². The van der Waals surface area contributed by atoms with E-state index in [-0.39, 0.29) is 0 Å². The number of nitriles is 1. The number of hydrogen-bond donors (Lipinski definition) is 0. The molecule has 0 aromatic carbocycles. The summed E-state index contributed by atoms with van der Waals surface area (Å²) in [5.74, 6) is 1.02. The van der Waals surface area contributed by atoms with Crippen molar-refractivity contribution in [3.05, 3.63) is 23.4 Å². The number of nitrogens with zero attached hydrogens (tertiary/aromatic N) is 2. The summed E-state index contributed by atoms with van der Waals surface area (Å²) in [6, 6.07) is 5.78. The minimum absolute atomic E-state index is 0.470. The molecule has 1 heterocycles. The standard InChI is InChI=1S/C11H14N2O/c1-8(2)6-9-4-5-11(14-3)13-10(9)7-12/h4-5,8H,6H2,1-3H3. The Balaban J connectivity index is 3.01. The van der Waals surface area contributed by atoms with Crippen molar-refractivity contribution in [3.8, 4) is 11.9 Å². The van der Waals surface area contributed by atoms with Crippen molar-refractivity contribution in [2.75, 3.05) is 7.11 Å². The molecule has 1 aromatic rings. The number of rotatable bonds is 3. The van der Waals surface area contributed by atoms with E-state index in [9.17, 15) is 0 Å². The number of ether oxygens (including phenoxy) is 1. The Morgan fingerprint density at radius 3 is 2.71 bits per heavy atom. The molecule has 0 N–H and O–H groups in total. The fourth-order valence-corrected chi connectivity index (χ4v) is 1.29. The first-order valence-corrected chi connectivity index (χ1v) is 4.61. The highest BCUT2D eigenvalue weighted by Crippen LogP contribution is 2.15. The third kappa shape index (κ3) is 2.46. The smallest absolute Gasteiger partial charge is 0.214 e. The van der Waals surface area contributed by atoms with Crippen LogP contribution in [0.5, 0.6) is 5.88 Å². The predicted molar refractivity (Wildman–Crippen MR) is 54.0 cm³/mol. The van der Waals surface area contributed by atoms with Gasteiger partial charge < -0.3 is 4.74 Å². The molecule has 0 amide bonds. The molecular formula is C11H14N2O. The lowest BCUT2D eigenvalue weighted by Gasteiger charge is -2.07. The zero-order valence-electron chi connectivity index (χ0n) is 8.74. The molecule has 0 fully saturated rings. The van der Waals surface area contributed by atoms with Crippen molar-refractivity contribution in [1.29, 1.82) is 5.26 Å². The van der Waals surface area contributed by atoms with Gasteiger partial charge in [0, 0.05) is 6.07 Å². The van der Waals surface area contributed by atoms with Crippen LogP contribution in [-0.4, -0.2) is 12.1 Å². The van der Waals surface area contributed by atoms with Gasteiger partial charge in [0.1, 0.15) is 11.8 Å². The zero-order valence-corrected chi connectivity index (χ0v) is 8.74. The monoisotopic (exact) mass is 190 g/mol. The lowest BCUT2D eigenvalue weighted by Crippen LogP contribution is -2.00. The molecule has 0 bridgehead atoms. The van der Waals surface area contributed by atoms with E-state index >= 15 is 0 Å². The van der Waals surface area contributed by atoms with Crippen LogP contribution < -0.4 is 4.74 Å². The summed E-state index contributed by atoms with van der Waals surface area (Å²) in [6.45, 7) is 4.23. The molecule has 0 unspecified atom stereocenters. The topological polar surface area (TPSA) is 45.9 Å². The molecule has 0 saturated carbocycles. The third-order valence-corrected chi connectivity index (χ3v) is 1.90. The van der Waals surface area contributed by atoms with Crippen LogP contribution in [0, 0.1) is 17.2 Å². The fourth-order valence-electron chi connectivity index (χ4n) is 1.29. The Kier molecular flexibility index (Phi) is 3.47. The molecule has 0 saturated heterocycles. The second-order valence-electron chi connectivity index (χ2n) is 3.57. The lowest BCUT2D eigenvalue weighted by atomic mass is 10.0. The molecule has 3 nitrogen and oxygen atoms in total. The number of pyridine rings is 1. The molecule has 14 heavy (non-hydrogen) atoms. The molecule has 0 radical (unpaired) electrons. The van der Waals surface area contributed by atoms with E-state index in [1.165, 1.54) is 0 Å². The molecule has 0 spiro atoms. The van der Waals surface area contributed by atoms with Gasteiger partial charge in [0.2, 0.25) is 5.88 Å². The van der Waals surface area contributed by atoms with E-state index in [0.717, 1.165) is 12.0 Å². The Labute approximate surface area is 84.3 Å². The Morgan fingerprint density at radius 1 is 1.50 bits per heavy atom. The van der Waals surface area contributed by atoms with Gasteiger partial charge in [0.05, 0.1) is 7.11 Å². The summed E-state index contributed by atoms with van der Waals surface area (Å²) >= 11 is 0. The van der Waals surface area contributed by atoms with Gasteiger partial charge >= 0.3 is 0 Å². The summed E-state index contributed by atoms with van der Waals surface area (Å²) in [6.07, 6.45) is 0.875. The number of methoxy groups -OCH3 is 1. The summed E-state index contributed by atoms with van der Waals surface area (Å²) < 4.78 is 4.95. The largest absolute Gasteiger partial charge is 0.481 e. The first kappa shape index (κ1) is 10.5. The second-order valence-corrected chi connectivity index (χ2v) is 3.57. The van der Waals surface area contributed by atoms with Crippen LogP contribution in [0.4, 0.5) is 0 Å². The van der Waals surface area contributed by atoms with Crippen LogP contribution in [0.25, 0.3) is 0 Å². The van der Waals surface area contributed by atoms with E-state index < -0.39 is 0 Å². The minimum Gasteiger partial charge on any atom is -0.481 e. The third-order valence-electron chi connectivity index (χ3n) is 1.90. The highest BCUT2D eigenvalue weighted by molar-refractivity contribution is 5.34. The van der Waals surface area contributed by atoms with Crippen molar-refractivity contribution in [3.63, 3.8) is 0 Å². The zero-order chi connectivity index (χ0) is 10.6. The van der Waals surface area contributed by atoms with E-state index in [0.29, 0.717) is 17.5 Å². The molecule has 0 atom stereocenters. The van der Waals surface area contributed by atoms with Crippen LogP contribution in [0.1, 0.15) is 25.1 Å². The van der Waals surface area contributed by atoms with Crippen LogP contribution >= 0.6 is 0 Å². The normalized spacial score (nSPS) is 9.93. The molecule has 74 valence electrons. The summed E-state index contributed by atoms with van der Waals surface area (Å²) in [5, 5.41) is 8.88. The fraction of sp³-hybridized carbons (Fsp3) is 0.455. The SMILES string of the molecule is COc1ccc(CC(C)C)c(C#N)n1. The minimum atomic E-state index is 0.470. The Morgan fingerprint density at radius 2 is 2.21 bits per heavy atom. The van der Waals surface area contributed by atoms with E-state index in [1.807, 2.05) is 6.07 Å². The highest BCUT2D eigenvalue weighted by atomic mass is 16.5. The maximum absolute atomic E-state index is 8.88. The van der Waals surface area contributed by atoms with Crippen LogP contribution in [0.3, 0.4) is 0 Å². The van der Waals surface area contributed by atoms with Crippen LogP contribution in [0.2, 0.25) is 0 Å². The van der Waals surface area contributed by atoms with Crippen LogP contribution in [-0.2, 0) is 6.42 Å². The average Bonchev–Trinajstić information content (AvgIpc) is 2.17. The van der Waals surface area contributed by atoms with Gasteiger partial charge in [0.15, 0.2) is 0 Å². The van der Waals surface area contributed by atoms with Crippen molar-refractivity contribution in [2.45, 2.75) is 20.3 Å². The maximum atomic E-state index is 8.88. The van der Waals surface area contributed by atoms with Crippen molar-refractivity contribution < 1.29 is 4.74 Å². The molecular weight excluding hydrogens is 176 g/mol. The molecule has 0 aliphatic heterocycles. The molecule has 1 aromatic heterocycles. The first-order chi connectivity index (χ1) is 6.67. The number of hydrogen-bond acceptors (Lipinski definition) is 3. The van der Waals surface area contributed by atoms with E-state index in [4.69, 9.17) is 10.00 Å². The van der Waals surface area contributed by atoms with Gasteiger partial charge in [-0.05, 0) is 17.9 Å². The summed E-state index contributed by atoms with van der Waals surface area (Å²) in [5.41, 5.74) is 1.46. The number of aromatic nitrogens is 1. The summed E-state index contributed by atoms with van der Waals surface area (Å²) in [7, 11) is 1.55. The van der Waals surface area contributed by atoms with Gasteiger partial charge in [-0.25, -0.2) is 4.98 Å². The molecule has 0 aliphatic carbocycles. The Bertz CT molecular complexity index is 353.